The number of ether oxygens (including phenoxy) is 1. The topological polar surface area (TPSA) is 68.6 Å². The van der Waals surface area contributed by atoms with Crippen LogP contribution >= 0.6 is 0 Å². The van der Waals surface area contributed by atoms with E-state index in [2.05, 4.69) is 19.1 Å². The number of rotatable bonds is 5. The van der Waals surface area contributed by atoms with Crippen LogP contribution in [0.25, 0.3) is 0 Å². The third kappa shape index (κ3) is 3.82. The van der Waals surface area contributed by atoms with Gasteiger partial charge in [0, 0.05) is 26.3 Å². The number of hydrogen-bond donors (Lipinski definition) is 0. The van der Waals surface area contributed by atoms with Gasteiger partial charge in [0.1, 0.15) is 10.6 Å². The number of nitrogens with zero attached hydrogens (tertiary/aromatic N) is 2. The molecule has 6 nitrogen and oxygen atoms in total. The van der Waals surface area contributed by atoms with E-state index in [9.17, 15) is 13.2 Å². The largest absolute Gasteiger partial charge is 0.461 e. The summed E-state index contributed by atoms with van der Waals surface area (Å²) in [4.78, 5) is 12.6. The molecule has 138 valence electrons. The molecule has 0 saturated carbocycles. The van der Waals surface area contributed by atoms with Crippen LogP contribution in [0.3, 0.4) is 0 Å². The number of allylic oxidation sites excluding steroid dienone is 2. The number of carbonyl (C=O) groups excluding carboxylic acids is 1. The van der Waals surface area contributed by atoms with Crippen LogP contribution in [0.2, 0.25) is 0 Å². The fourth-order valence-corrected chi connectivity index (χ4v) is 5.04. The quantitative estimate of drug-likeness (QED) is 0.593. The van der Waals surface area contributed by atoms with Crippen molar-refractivity contribution in [1.29, 1.82) is 0 Å². The summed E-state index contributed by atoms with van der Waals surface area (Å²) in [7, 11) is -1.85. The first kappa shape index (κ1) is 18.2. The van der Waals surface area contributed by atoms with Gasteiger partial charge in [0.25, 0.3) is 0 Å². The van der Waals surface area contributed by atoms with Crippen LogP contribution in [0, 0.1) is 11.8 Å². The van der Waals surface area contributed by atoms with E-state index in [0.717, 1.165) is 25.7 Å². The van der Waals surface area contributed by atoms with Gasteiger partial charge in [-0.2, -0.15) is 4.31 Å². The Morgan fingerprint density at radius 3 is 2.60 bits per heavy atom. The molecule has 1 aliphatic heterocycles. The summed E-state index contributed by atoms with van der Waals surface area (Å²) in [6.45, 7) is 3.61. The molecule has 1 aromatic rings. The van der Waals surface area contributed by atoms with E-state index in [4.69, 9.17) is 4.74 Å². The molecule has 1 aliphatic carbocycles. The van der Waals surface area contributed by atoms with Crippen LogP contribution < -0.4 is 0 Å². The minimum Gasteiger partial charge on any atom is -0.461 e. The molecule has 1 aromatic heterocycles. The normalized spacial score (nSPS) is 24.6. The first-order valence-corrected chi connectivity index (χ1v) is 10.3. The summed E-state index contributed by atoms with van der Waals surface area (Å²) < 4.78 is 33.7. The molecule has 0 radical (unpaired) electrons. The Labute approximate surface area is 149 Å². The summed E-state index contributed by atoms with van der Waals surface area (Å²) >= 11 is 0. The van der Waals surface area contributed by atoms with Gasteiger partial charge in [-0.25, -0.2) is 13.2 Å². The summed E-state index contributed by atoms with van der Waals surface area (Å²) in [6, 6.07) is 1.43. The highest BCUT2D eigenvalue weighted by Gasteiger charge is 2.30. The van der Waals surface area contributed by atoms with Crippen LogP contribution in [0.1, 0.15) is 43.1 Å². The van der Waals surface area contributed by atoms with E-state index in [1.165, 1.54) is 21.1 Å². The van der Waals surface area contributed by atoms with Crippen molar-refractivity contribution in [2.75, 3.05) is 19.7 Å². The first-order chi connectivity index (χ1) is 11.9. The van der Waals surface area contributed by atoms with Crippen molar-refractivity contribution in [2.24, 2.45) is 18.9 Å². The molecule has 0 amide bonds. The van der Waals surface area contributed by atoms with Crippen LogP contribution in [0.5, 0.6) is 0 Å². The molecule has 2 atom stereocenters. The molecule has 2 unspecified atom stereocenters. The fourth-order valence-electron chi connectivity index (χ4n) is 3.45. The highest BCUT2D eigenvalue weighted by molar-refractivity contribution is 7.89. The second kappa shape index (κ2) is 7.33. The van der Waals surface area contributed by atoms with Gasteiger partial charge in [0.15, 0.2) is 0 Å². The lowest BCUT2D eigenvalue weighted by Crippen LogP contribution is -2.27. The maximum Gasteiger partial charge on any atom is 0.354 e. The average Bonchev–Trinajstić information content (AvgIpc) is 3.24. The van der Waals surface area contributed by atoms with E-state index in [1.54, 1.807) is 7.05 Å². The predicted octanol–water partition coefficient (Wildman–Crippen LogP) is 2.57. The molecule has 0 N–H and O–H groups in total. The van der Waals surface area contributed by atoms with Crippen molar-refractivity contribution in [3.8, 4) is 0 Å². The second-order valence-corrected chi connectivity index (χ2v) is 9.00. The Morgan fingerprint density at radius 1 is 1.24 bits per heavy atom. The van der Waals surface area contributed by atoms with E-state index in [-0.39, 0.29) is 10.6 Å². The predicted molar refractivity (Wildman–Crippen MR) is 94.7 cm³/mol. The number of aromatic nitrogens is 1. The van der Waals surface area contributed by atoms with Crippen molar-refractivity contribution in [3.63, 3.8) is 0 Å². The van der Waals surface area contributed by atoms with Crippen molar-refractivity contribution < 1.29 is 17.9 Å². The van der Waals surface area contributed by atoms with Gasteiger partial charge in [-0.05, 0) is 43.6 Å². The number of hydrogen-bond acceptors (Lipinski definition) is 4. The fraction of sp³-hybridized carbons (Fsp3) is 0.611. The summed E-state index contributed by atoms with van der Waals surface area (Å²) in [5.41, 5.74) is 0.275. The lowest BCUT2D eigenvalue weighted by molar-refractivity contribution is 0.0384. The van der Waals surface area contributed by atoms with Gasteiger partial charge in [-0.1, -0.05) is 19.1 Å². The lowest BCUT2D eigenvalue weighted by Gasteiger charge is -2.24. The van der Waals surface area contributed by atoms with Gasteiger partial charge in [0.2, 0.25) is 10.0 Å². The van der Waals surface area contributed by atoms with Crippen molar-refractivity contribution >= 4 is 16.0 Å². The first-order valence-electron chi connectivity index (χ1n) is 8.88. The van der Waals surface area contributed by atoms with E-state index in [1.807, 2.05) is 0 Å². The maximum absolute atomic E-state index is 12.6. The minimum atomic E-state index is -3.52. The number of esters is 1. The zero-order valence-corrected chi connectivity index (χ0v) is 15.7. The summed E-state index contributed by atoms with van der Waals surface area (Å²) in [5.74, 6) is 0.339. The van der Waals surface area contributed by atoms with Gasteiger partial charge in [0.05, 0.1) is 6.61 Å². The molecule has 2 aliphatic rings. The molecule has 0 spiro atoms. The van der Waals surface area contributed by atoms with Crippen LogP contribution in [-0.2, 0) is 21.8 Å². The maximum atomic E-state index is 12.6. The number of carbonyl (C=O) groups is 1. The Kier molecular flexibility index (Phi) is 5.34. The average molecular weight is 366 g/mol. The molecule has 7 heteroatoms. The smallest absolute Gasteiger partial charge is 0.354 e. The van der Waals surface area contributed by atoms with Crippen LogP contribution in [-0.4, -0.2) is 43.0 Å². The molecule has 3 rings (SSSR count). The molecule has 1 fully saturated rings. The van der Waals surface area contributed by atoms with E-state index >= 15 is 0 Å². The Bertz CT molecular complexity index is 760. The monoisotopic (exact) mass is 366 g/mol. The molecule has 1 saturated heterocycles. The van der Waals surface area contributed by atoms with E-state index in [0.29, 0.717) is 31.5 Å². The molecular weight excluding hydrogens is 340 g/mol. The summed E-state index contributed by atoms with van der Waals surface area (Å²) in [6.07, 6.45) is 9.47. The lowest BCUT2D eigenvalue weighted by atomic mass is 9.85. The highest BCUT2D eigenvalue weighted by atomic mass is 32.2. The zero-order valence-electron chi connectivity index (χ0n) is 14.8. The minimum absolute atomic E-state index is 0.165. The van der Waals surface area contributed by atoms with Gasteiger partial charge in [-0.15, -0.1) is 0 Å². The van der Waals surface area contributed by atoms with Crippen molar-refractivity contribution in [2.45, 2.75) is 37.5 Å². The standard InChI is InChI=1S/C18H26N2O4S/c1-14-7-3-4-8-15(14)13-24-18(21)17-11-16(12-19(17)2)25(22,23)20-9-5-6-10-20/h3-4,11-12,14-15H,5-10,13H2,1-2H3. The molecule has 25 heavy (non-hydrogen) atoms. The number of sulfonamides is 1. The molecule has 0 bridgehead atoms. The Hall–Kier alpha value is -1.60. The van der Waals surface area contributed by atoms with Crippen molar-refractivity contribution in [1.82, 2.24) is 8.87 Å². The third-order valence-electron chi connectivity index (χ3n) is 5.24. The highest BCUT2D eigenvalue weighted by Crippen LogP contribution is 2.26. The van der Waals surface area contributed by atoms with Crippen molar-refractivity contribution in [3.05, 3.63) is 30.1 Å². The molecule has 0 aromatic carbocycles. The van der Waals surface area contributed by atoms with Gasteiger partial charge >= 0.3 is 5.97 Å². The van der Waals surface area contributed by atoms with Gasteiger partial charge < -0.3 is 9.30 Å². The zero-order chi connectivity index (χ0) is 18.0. The van der Waals surface area contributed by atoms with Gasteiger partial charge in [-0.3, -0.25) is 0 Å². The molecular formula is C18H26N2O4S. The Morgan fingerprint density at radius 2 is 1.92 bits per heavy atom. The second-order valence-electron chi connectivity index (χ2n) is 7.06. The SMILES string of the molecule is CC1CC=CCC1COC(=O)c1cc(S(=O)(=O)N2CCCC2)cn1C. The van der Waals surface area contributed by atoms with Crippen LogP contribution in [0.15, 0.2) is 29.3 Å². The summed E-state index contributed by atoms with van der Waals surface area (Å²) in [5, 5.41) is 0. The van der Waals surface area contributed by atoms with E-state index < -0.39 is 16.0 Å². The third-order valence-corrected chi connectivity index (χ3v) is 7.10. The van der Waals surface area contributed by atoms with Crippen LogP contribution in [0.4, 0.5) is 0 Å². The number of aryl methyl sites for hydroxylation is 1. The molecule has 2 heterocycles. The Balaban J connectivity index is 1.69.